The van der Waals surface area contributed by atoms with Crippen molar-refractivity contribution < 1.29 is 10.2 Å². The molecule has 2 fully saturated rings. The van der Waals surface area contributed by atoms with Gasteiger partial charge in [0.05, 0.1) is 48.1 Å². The highest BCUT2D eigenvalue weighted by atomic mass is 16.3. The number of nitrogens with zero attached hydrogens (tertiary/aromatic N) is 2. The summed E-state index contributed by atoms with van der Waals surface area (Å²) in [6.07, 6.45) is 4.46. The monoisotopic (exact) mass is 456 g/mol. The first-order chi connectivity index (χ1) is 16.6. The highest BCUT2D eigenvalue weighted by Gasteiger charge is 2.26. The van der Waals surface area contributed by atoms with E-state index < -0.39 is 0 Å². The molecular weight excluding hydrogens is 428 g/mol. The number of benzene rings is 2. The third-order valence-electron chi connectivity index (χ3n) is 6.79. The Labute approximate surface area is 197 Å². The summed E-state index contributed by atoms with van der Waals surface area (Å²) in [5, 5.41) is 26.1. The number of hydrogen-bond acceptors (Lipinski definition) is 6. The average molecular weight is 457 g/mol. The molecule has 6 rings (SSSR count). The molecule has 4 atom stereocenters. The molecule has 4 aromatic rings. The van der Waals surface area contributed by atoms with Crippen molar-refractivity contribution in [3.8, 4) is 33.6 Å². The van der Waals surface area contributed by atoms with Gasteiger partial charge < -0.3 is 30.8 Å². The predicted molar refractivity (Wildman–Crippen MR) is 130 cm³/mol. The first-order valence-electron chi connectivity index (χ1n) is 11.8. The largest absolute Gasteiger partial charge is 0.392 e. The number of nitrogens with one attached hydrogen (secondary N) is 4. The van der Waals surface area contributed by atoms with Crippen molar-refractivity contribution in [1.82, 2.24) is 30.6 Å². The topological polar surface area (TPSA) is 122 Å². The average Bonchev–Trinajstić information content (AvgIpc) is 3.66. The van der Waals surface area contributed by atoms with Crippen molar-refractivity contribution >= 4 is 0 Å². The molecule has 2 aromatic carbocycles. The van der Waals surface area contributed by atoms with Crippen molar-refractivity contribution in [2.24, 2.45) is 0 Å². The van der Waals surface area contributed by atoms with Crippen LogP contribution in [-0.4, -0.2) is 55.4 Å². The van der Waals surface area contributed by atoms with E-state index in [1.807, 2.05) is 12.4 Å². The first kappa shape index (κ1) is 21.2. The van der Waals surface area contributed by atoms with E-state index in [-0.39, 0.29) is 24.3 Å². The molecule has 0 saturated carbocycles. The number of β-amino-alcohol motifs (C(OH)–C–C–N with tert-alkyl or cyclic N) is 2. The molecule has 2 saturated heterocycles. The van der Waals surface area contributed by atoms with Gasteiger partial charge >= 0.3 is 0 Å². The van der Waals surface area contributed by atoms with Gasteiger partial charge in [0.2, 0.25) is 0 Å². The van der Waals surface area contributed by atoms with Crippen LogP contribution in [0.25, 0.3) is 33.6 Å². The Hall–Kier alpha value is -3.30. The summed E-state index contributed by atoms with van der Waals surface area (Å²) in [6.45, 7) is 1.22. The van der Waals surface area contributed by atoms with Gasteiger partial charge in [0, 0.05) is 13.1 Å². The van der Waals surface area contributed by atoms with Crippen LogP contribution >= 0.6 is 0 Å². The summed E-state index contributed by atoms with van der Waals surface area (Å²) in [4.78, 5) is 15.8. The van der Waals surface area contributed by atoms with Gasteiger partial charge in [0.15, 0.2) is 0 Å². The highest BCUT2D eigenvalue weighted by molar-refractivity contribution is 5.71. The van der Waals surface area contributed by atoms with Gasteiger partial charge in [-0.25, -0.2) is 9.97 Å². The molecule has 8 nitrogen and oxygen atoms in total. The maximum atomic E-state index is 9.74. The van der Waals surface area contributed by atoms with Crippen molar-refractivity contribution in [3.05, 3.63) is 72.6 Å². The van der Waals surface area contributed by atoms with Crippen molar-refractivity contribution in [2.45, 2.75) is 37.1 Å². The van der Waals surface area contributed by atoms with E-state index in [1.54, 1.807) is 0 Å². The molecule has 0 radical (unpaired) electrons. The van der Waals surface area contributed by atoms with Crippen LogP contribution in [0.5, 0.6) is 0 Å². The quantitative estimate of drug-likeness (QED) is 0.275. The van der Waals surface area contributed by atoms with Crippen molar-refractivity contribution in [1.29, 1.82) is 0 Å². The Morgan fingerprint density at radius 2 is 0.971 bits per heavy atom. The number of rotatable bonds is 5. The second-order valence-corrected chi connectivity index (χ2v) is 9.22. The zero-order valence-electron chi connectivity index (χ0n) is 18.7. The first-order valence-corrected chi connectivity index (χ1v) is 11.8. The van der Waals surface area contributed by atoms with E-state index in [4.69, 9.17) is 0 Å². The van der Waals surface area contributed by atoms with Gasteiger partial charge in [0.25, 0.3) is 0 Å². The predicted octanol–water partition coefficient (Wildman–Crippen LogP) is 2.92. The molecule has 174 valence electrons. The smallest absolute Gasteiger partial charge is 0.123 e. The van der Waals surface area contributed by atoms with E-state index in [0.29, 0.717) is 25.9 Å². The second-order valence-electron chi connectivity index (χ2n) is 9.22. The lowest BCUT2D eigenvalue weighted by atomic mass is 10.0. The molecule has 8 heteroatoms. The summed E-state index contributed by atoms with van der Waals surface area (Å²) in [7, 11) is 0. The molecule has 4 heterocycles. The van der Waals surface area contributed by atoms with Crippen LogP contribution in [0.2, 0.25) is 0 Å². The molecule has 0 aliphatic carbocycles. The van der Waals surface area contributed by atoms with E-state index in [9.17, 15) is 10.2 Å². The minimum atomic E-state index is -0.308. The van der Waals surface area contributed by atoms with E-state index in [0.717, 1.165) is 45.3 Å². The molecule has 2 aliphatic heterocycles. The van der Waals surface area contributed by atoms with Gasteiger partial charge in [-0.2, -0.15) is 0 Å². The summed E-state index contributed by atoms with van der Waals surface area (Å²) in [5.41, 5.74) is 6.38. The van der Waals surface area contributed by atoms with E-state index in [1.165, 1.54) is 0 Å². The zero-order valence-corrected chi connectivity index (χ0v) is 18.7. The maximum absolute atomic E-state index is 9.74. The lowest BCUT2D eigenvalue weighted by Crippen LogP contribution is -2.15. The van der Waals surface area contributed by atoms with Gasteiger partial charge in [-0.15, -0.1) is 0 Å². The van der Waals surface area contributed by atoms with Crippen LogP contribution in [0.1, 0.15) is 36.6 Å². The van der Waals surface area contributed by atoms with Crippen LogP contribution < -0.4 is 10.6 Å². The number of aromatic nitrogens is 4. The second kappa shape index (κ2) is 8.81. The summed E-state index contributed by atoms with van der Waals surface area (Å²) in [5.74, 6) is 1.74. The fraction of sp³-hybridized carbons (Fsp3) is 0.308. The molecule has 6 N–H and O–H groups in total. The van der Waals surface area contributed by atoms with Crippen LogP contribution in [-0.2, 0) is 0 Å². The molecule has 0 bridgehead atoms. The Bertz CT molecular complexity index is 1160. The fourth-order valence-corrected chi connectivity index (χ4v) is 4.86. The zero-order chi connectivity index (χ0) is 23.1. The van der Waals surface area contributed by atoms with Crippen LogP contribution in [0.15, 0.2) is 60.9 Å². The SMILES string of the molecule is O[C@@H]1CN[C@H](c2ncc(-c3ccc(-c4ccc(-c5cnc([C@@H]6C[C@H](O)CN6)[nH]5)cc4)cc3)[nH]2)C1. The molecular formula is C26H28N6O2. The number of hydrogen-bond donors (Lipinski definition) is 6. The molecule has 0 amide bonds. The molecule has 0 unspecified atom stereocenters. The number of imidazole rings is 2. The summed E-state index contributed by atoms with van der Waals surface area (Å²) < 4.78 is 0. The molecule has 2 aliphatic rings. The van der Waals surface area contributed by atoms with E-state index in [2.05, 4.69) is 79.1 Å². The Kier molecular flexibility index (Phi) is 5.50. The Morgan fingerprint density at radius 3 is 1.32 bits per heavy atom. The molecule has 34 heavy (non-hydrogen) atoms. The lowest BCUT2D eigenvalue weighted by Gasteiger charge is -2.07. The molecule has 0 spiro atoms. The van der Waals surface area contributed by atoms with Crippen molar-refractivity contribution in [3.63, 3.8) is 0 Å². The standard InChI is InChI=1S/C26H28N6O2/c33-19-9-21(27-11-19)25-29-13-23(31-25)17-5-1-15(2-6-17)16-3-7-18(8-4-16)24-14-30-26(32-24)22-10-20(34)12-28-22/h1-8,13-14,19-22,27-28,33-34H,9-12H2,(H,29,31)(H,30,32)/t19-,20-,21-,22-/m0/s1. The fourth-order valence-electron chi connectivity index (χ4n) is 4.86. The van der Waals surface area contributed by atoms with Gasteiger partial charge in [-0.3, -0.25) is 0 Å². The minimum Gasteiger partial charge on any atom is -0.392 e. The van der Waals surface area contributed by atoms with Crippen LogP contribution in [0.4, 0.5) is 0 Å². The van der Waals surface area contributed by atoms with Crippen LogP contribution in [0, 0.1) is 0 Å². The summed E-state index contributed by atoms with van der Waals surface area (Å²) in [6, 6.07) is 17.0. The highest BCUT2D eigenvalue weighted by Crippen LogP contribution is 2.29. The Morgan fingerprint density at radius 1 is 0.588 bits per heavy atom. The van der Waals surface area contributed by atoms with Gasteiger partial charge in [-0.05, 0) is 35.1 Å². The number of aromatic amines is 2. The maximum Gasteiger partial charge on any atom is 0.123 e. The lowest BCUT2D eigenvalue weighted by molar-refractivity contribution is 0.192. The number of aliphatic hydroxyl groups is 2. The normalized spacial score (nSPS) is 24.6. The van der Waals surface area contributed by atoms with Gasteiger partial charge in [0.1, 0.15) is 11.6 Å². The third kappa shape index (κ3) is 4.17. The van der Waals surface area contributed by atoms with E-state index >= 15 is 0 Å². The number of H-pyrrole nitrogens is 2. The minimum absolute atomic E-state index is 0.0773. The number of aliphatic hydroxyl groups excluding tert-OH is 2. The van der Waals surface area contributed by atoms with Crippen molar-refractivity contribution in [2.75, 3.05) is 13.1 Å². The van der Waals surface area contributed by atoms with Crippen LogP contribution in [0.3, 0.4) is 0 Å². The molecule has 2 aromatic heterocycles. The third-order valence-corrected chi connectivity index (χ3v) is 6.79. The Balaban J connectivity index is 1.15. The summed E-state index contributed by atoms with van der Waals surface area (Å²) >= 11 is 0. The van der Waals surface area contributed by atoms with Gasteiger partial charge in [-0.1, -0.05) is 48.5 Å².